The Morgan fingerprint density at radius 3 is 2.71 bits per heavy atom. The fraction of sp³-hybridized carbons (Fsp3) is 0.538. The first-order valence-electron chi connectivity index (χ1n) is 5.98. The van der Waals surface area contributed by atoms with E-state index in [1.54, 1.807) is 6.07 Å². The van der Waals surface area contributed by atoms with Crippen molar-refractivity contribution in [1.29, 1.82) is 0 Å². The number of hydrogen-bond donors (Lipinski definition) is 2. The summed E-state index contributed by atoms with van der Waals surface area (Å²) in [5.74, 6) is -1.03. The van der Waals surface area contributed by atoms with Gasteiger partial charge in [0.05, 0.1) is 0 Å². The number of halogens is 2. The molecule has 17 heavy (non-hydrogen) atoms. The van der Waals surface area contributed by atoms with Crippen LogP contribution < -0.4 is 11.1 Å². The van der Waals surface area contributed by atoms with Gasteiger partial charge in [0, 0.05) is 0 Å². The summed E-state index contributed by atoms with van der Waals surface area (Å²) in [7, 11) is 0. The number of benzene rings is 1. The van der Waals surface area contributed by atoms with Gasteiger partial charge in [-0.1, -0.05) is 13.0 Å². The summed E-state index contributed by atoms with van der Waals surface area (Å²) in [4.78, 5) is 0. The molecule has 0 heterocycles. The maximum Gasteiger partial charge on any atom is 0.159 e. The molecule has 0 saturated carbocycles. The van der Waals surface area contributed by atoms with Crippen molar-refractivity contribution < 1.29 is 8.78 Å². The SMILES string of the molecule is CC(CCN)CNCCc1ccc(F)c(F)c1. The predicted molar refractivity (Wildman–Crippen MR) is 65.8 cm³/mol. The van der Waals surface area contributed by atoms with Gasteiger partial charge in [-0.2, -0.15) is 0 Å². The molecule has 1 unspecified atom stereocenters. The first-order chi connectivity index (χ1) is 8.13. The van der Waals surface area contributed by atoms with Crippen molar-refractivity contribution in [1.82, 2.24) is 5.32 Å². The first-order valence-corrected chi connectivity index (χ1v) is 5.98. The van der Waals surface area contributed by atoms with Gasteiger partial charge in [0.2, 0.25) is 0 Å². The van der Waals surface area contributed by atoms with E-state index < -0.39 is 11.6 Å². The number of hydrogen-bond acceptors (Lipinski definition) is 2. The highest BCUT2D eigenvalue weighted by Gasteiger charge is 2.03. The van der Waals surface area contributed by atoms with Crippen LogP contribution in [-0.2, 0) is 6.42 Å². The van der Waals surface area contributed by atoms with E-state index in [0.717, 1.165) is 25.1 Å². The quantitative estimate of drug-likeness (QED) is 0.718. The van der Waals surface area contributed by atoms with Gasteiger partial charge in [0.25, 0.3) is 0 Å². The van der Waals surface area contributed by atoms with Crippen molar-refractivity contribution >= 4 is 0 Å². The van der Waals surface area contributed by atoms with Crippen molar-refractivity contribution in [2.24, 2.45) is 11.7 Å². The maximum atomic E-state index is 12.9. The van der Waals surface area contributed by atoms with Crippen LogP contribution in [0.25, 0.3) is 0 Å². The molecule has 1 rings (SSSR count). The van der Waals surface area contributed by atoms with Gasteiger partial charge in [-0.05, 0) is 56.1 Å². The molecule has 4 heteroatoms. The third-order valence-electron chi connectivity index (χ3n) is 2.73. The van der Waals surface area contributed by atoms with E-state index in [9.17, 15) is 8.78 Å². The second kappa shape index (κ2) is 7.35. The molecular formula is C13H20F2N2. The van der Waals surface area contributed by atoms with Crippen molar-refractivity contribution in [2.45, 2.75) is 19.8 Å². The molecule has 1 aromatic carbocycles. The Hall–Kier alpha value is -1.00. The van der Waals surface area contributed by atoms with E-state index in [1.165, 1.54) is 12.1 Å². The van der Waals surface area contributed by atoms with Crippen LogP contribution in [0.4, 0.5) is 8.78 Å². The summed E-state index contributed by atoms with van der Waals surface area (Å²) < 4.78 is 25.6. The molecule has 0 spiro atoms. The Labute approximate surface area is 101 Å². The minimum Gasteiger partial charge on any atom is -0.330 e. The molecular weight excluding hydrogens is 222 g/mol. The lowest BCUT2D eigenvalue weighted by atomic mass is 10.1. The third-order valence-corrected chi connectivity index (χ3v) is 2.73. The number of nitrogens with two attached hydrogens (primary N) is 1. The molecule has 0 bridgehead atoms. The molecule has 0 fully saturated rings. The van der Waals surface area contributed by atoms with Crippen molar-refractivity contribution in [3.05, 3.63) is 35.4 Å². The molecule has 0 amide bonds. The van der Waals surface area contributed by atoms with E-state index in [0.29, 0.717) is 18.9 Å². The van der Waals surface area contributed by atoms with Crippen LogP contribution in [0.2, 0.25) is 0 Å². The van der Waals surface area contributed by atoms with Crippen LogP contribution in [-0.4, -0.2) is 19.6 Å². The van der Waals surface area contributed by atoms with E-state index >= 15 is 0 Å². The second-order valence-electron chi connectivity index (χ2n) is 4.39. The van der Waals surface area contributed by atoms with Crippen LogP contribution in [0.1, 0.15) is 18.9 Å². The first kappa shape index (κ1) is 14.1. The fourth-order valence-corrected chi connectivity index (χ4v) is 1.66. The molecule has 0 aliphatic rings. The molecule has 2 nitrogen and oxygen atoms in total. The normalized spacial score (nSPS) is 12.7. The fourth-order valence-electron chi connectivity index (χ4n) is 1.66. The van der Waals surface area contributed by atoms with E-state index in [2.05, 4.69) is 12.2 Å². The Balaban J connectivity index is 2.24. The zero-order valence-electron chi connectivity index (χ0n) is 10.2. The molecule has 0 aliphatic carbocycles. The maximum absolute atomic E-state index is 12.9. The largest absolute Gasteiger partial charge is 0.330 e. The Kier molecular flexibility index (Phi) is 6.08. The van der Waals surface area contributed by atoms with Crippen LogP contribution >= 0.6 is 0 Å². The van der Waals surface area contributed by atoms with E-state index in [4.69, 9.17) is 5.73 Å². The van der Waals surface area contributed by atoms with Gasteiger partial charge in [0.1, 0.15) is 0 Å². The Morgan fingerprint density at radius 1 is 1.29 bits per heavy atom. The van der Waals surface area contributed by atoms with Crippen LogP contribution in [0.5, 0.6) is 0 Å². The molecule has 0 aromatic heterocycles. The summed E-state index contributed by atoms with van der Waals surface area (Å²) in [6.07, 6.45) is 1.70. The monoisotopic (exact) mass is 242 g/mol. The van der Waals surface area contributed by atoms with E-state index in [1.807, 2.05) is 0 Å². The standard InChI is InChI=1S/C13H20F2N2/c1-10(4-6-16)9-17-7-5-11-2-3-12(14)13(15)8-11/h2-3,8,10,17H,4-7,9,16H2,1H3. The highest BCUT2D eigenvalue weighted by molar-refractivity contribution is 5.17. The lowest BCUT2D eigenvalue weighted by molar-refractivity contribution is 0.487. The van der Waals surface area contributed by atoms with Gasteiger partial charge < -0.3 is 11.1 Å². The summed E-state index contributed by atoms with van der Waals surface area (Å²) in [6.45, 7) is 4.50. The third kappa shape index (κ3) is 5.24. The number of nitrogens with one attached hydrogen (secondary N) is 1. The number of rotatable bonds is 7. The van der Waals surface area contributed by atoms with Crippen molar-refractivity contribution in [3.63, 3.8) is 0 Å². The molecule has 3 N–H and O–H groups in total. The van der Waals surface area contributed by atoms with Gasteiger partial charge in [0.15, 0.2) is 11.6 Å². The van der Waals surface area contributed by atoms with Crippen LogP contribution in [0.3, 0.4) is 0 Å². The van der Waals surface area contributed by atoms with Crippen LogP contribution in [0, 0.1) is 17.6 Å². The summed E-state index contributed by atoms with van der Waals surface area (Å²) in [5, 5.41) is 3.28. The minimum absolute atomic E-state index is 0.546. The summed E-state index contributed by atoms with van der Waals surface area (Å²) >= 11 is 0. The van der Waals surface area contributed by atoms with Gasteiger partial charge in [-0.15, -0.1) is 0 Å². The van der Waals surface area contributed by atoms with Gasteiger partial charge in [-0.3, -0.25) is 0 Å². The second-order valence-corrected chi connectivity index (χ2v) is 4.39. The molecule has 1 atom stereocenters. The molecule has 0 aliphatic heterocycles. The molecule has 1 aromatic rings. The average Bonchev–Trinajstić information content (AvgIpc) is 2.29. The van der Waals surface area contributed by atoms with E-state index in [-0.39, 0.29) is 0 Å². The Morgan fingerprint density at radius 2 is 2.06 bits per heavy atom. The zero-order valence-corrected chi connectivity index (χ0v) is 10.2. The highest BCUT2D eigenvalue weighted by atomic mass is 19.2. The molecule has 0 radical (unpaired) electrons. The van der Waals surface area contributed by atoms with Crippen molar-refractivity contribution in [3.8, 4) is 0 Å². The smallest absolute Gasteiger partial charge is 0.159 e. The van der Waals surface area contributed by atoms with Crippen LogP contribution in [0.15, 0.2) is 18.2 Å². The summed E-state index contributed by atoms with van der Waals surface area (Å²) in [6, 6.07) is 4.03. The zero-order chi connectivity index (χ0) is 12.7. The molecule has 0 saturated heterocycles. The highest BCUT2D eigenvalue weighted by Crippen LogP contribution is 2.08. The topological polar surface area (TPSA) is 38.0 Å². The van der Waals surface area contributed by atoms with Crippen molar-refractivity contribution in [2.75, 3.05) is 19.6 Å². The average molecular weight is 242 g/mol. The van der Waals surface area contributed by atoms with Gasteiger partial charge in [-0.25, -0.2) is 8.78 Å². The lowest BCUT2D eigenvalue weighted by Crippen LogP contribution is -2.24. The minimum atomic E-state index is -0.793. The lowest BCUT2D eigenvalue weighted by Gasteiger charge is -2.11. The predicted octanol–water partition coefficient (Wildman–Crippen LogP) is 2.08. The summed E-state index contributed by atoms with van der Waals surface area (Å²) in [5.41, 5.74) is 6.26. The van der Waals surface area contributed by atoms with Gasteiger partial charge >= 0.3 is 0 Å². The Bertz CT molecular complexity index is 342. The molecule has 96 valence electrons.